The fraction of sp³-hybridized carbons (Fsp3) is 0.429. The van der Waals surface area contributed by atoms with Crippen LogP contribution in [-0.2, 0) is 14.8 Å². The van der Waals surface area contributed by atoms with Gasteiger partial charge < -0.3 is 9.64 Å². The summed E-state index contributed by atoms with van der Waals surface area (Å²) >= 11 is 1.20. The lowest BCUT2D eigenvalue weighted by atomic mass is 9.96. The van der Waals surface area contributed by atoms with Crippen LogP contribution < -0.4 is 9.64 Å². The minimum Gasteiger partial charge on any atom is -0.494 e. The summed E-state index contributed by atoms with van der Waals surface area (Å²) in [5.41, 5.74) is 0.715. The van der Waals surface area contributed by atoms with Crippen molar-refractivity contribution in [3.63, 3.8) is 0 Å². The molecule has 1 amide bonds. The average molecular weight is 448 g/mol. The monoisotopic (exact) mass is 447 g/mol. The second kappa shape index (κ2) is 10.1. The van der Waals surface area contributed by atoms with Crippen molar-refractivity contribution in [2.24, 2.45) is 5.92 Å². The first-order valence-corrected chi connectivity index (χ1v) is 12.2. The molecule has 1 saturated heterocycles. The van der Waals surface area contributed by atoms with E-state index in [9.17, 15) is 13.2 Å². The van der Waals surface area contributed by atoms with Crippen molar-refractivity contribution < 1.29 is 17.9 Å². The number of thiophene rings is 1. The van der Waals surface area contributed by atoms with Gasteiger partial charge in [0.2, 0.25) is 5.91 Å². The predicted octanol–water partition coefficient (Wildman–Crippen LogP) is 3.49. The van der Waals surface area contributed by atoms with Crippen LogP contribution >= 0.6 is 11.3 Å². The number of anilines is 1. The predicted molar refractivity (Wildman–Crippen MR) is 116 cm³/mol. The average Bonchev–Trinajstić information content (AvgIpc) is 3.31. The van der Waals surface area contributed by atoms with Crippen LogP contribution in [0.3, 0.4) is 0 Å². The topological polar surface area (TPSA) is 90.7 Å². The lowest BCUT2D eigenvalue weighted by Gasteiger charge is -2.33. The molecule has 9 heteroatoms. The van der Waals surface area contributed by atoms with Crippen molar-refractivity contribution in [3.8, 4) is 11.8 Å². The summed E-state index contributed by atoms with van der Waals surface area (Å²) in [7, 11) is -3.49. The quantitative estimate of drug-likeness (QED) is 0.618. The van der Waals surface area contributed by atoms with Gasteiger partial charge in [-0.3, -0.25) is 4.79 Å². The Kier molecular flexibility index (Phi) is 7.48. The molecule has 0 saturated carbocycles. The highest BCUT2D eigenvalue weighted by atomic mass is 32.2. The van der Waals surface area contributed by atoms with Gasteiger partial charge >= 0.3 is 0 Å². The molecule has 0 atom stereocenters. The highest BCUT2D eigenvalue weighted by Gasteiger charge is 2.34. The number of sulfonamides is 1. The van der Waals surface area contributed by atoms with E-state index in [-0.39, 0.29) is 18.2 Å². The third-order valence-electron chi connectivity index (χ3n) is 5.07. The zero-order valence-electron chi connectivity index (χ0n) is 16.9. The van der Waals surface area contributed by atoms with E-state index in [4.69, 9.17) is 10.00 Å². The van der Waals surface area contributed by atoms with E-state index in [1.165, 1.54) is 15.6 Å². The van der Waals surface area contributed by atoms with Crippen LogP contribution in [-0.4, -0.2) is 44.9 Å². The highest BCUT2D eigenvalue weighted by molar-refractivity contribution is 7.91. The third-order valence-corrected chi connectivity index (χ3v) is 8.34. The summed E-state index contributed by atoms with van der Waals surface area (Å²) in [5.74, 6) is 0.383. The van der Waals surface area contributed by atoms with Crippen molar-refractivity contribution >= 4 is 33.0 Å². The van der Waals surface area contributed by atoms with Crippen molar-refractivity contribution in [1.29, 1.82) is 5.26 Å². The van der Waals surface area contributed by atoms with E-state index in [1.807, 2.05) is 31.2 Å². The van der Waals surface area contributed by atoms with Gasteiger partial charge in [-0.05, 0) is 55.5 Å². The van der Waals surface area contributed by atoms with Crippen LogP contribution in [0.2, 0.25) is 0 Å². The summed E-state index contributed by atoms with van der Waals surface area (Å²) in [6.45, 7) is 3.39. The molecule has 2 aromatic rings. The van der Waals surface area contributed by atoms with Gasteiger partial charge in [0, 0.05) is 31.2 Å². The zero-order valence-corrected chi connectivity index (χ0v) is 18.5. The molecule has 3 rings (SSSR count). The Hall–Kier alpha value is -2.41. The van der Waals surface area contributed by atoms with Crippen molar-refractivity contribution in [3.05, 3.63) is 41.8 Å². The van der Waals surface area contributed by atoms with Crippen LogP contribution in [0.25, 0.3) is 0 Å². The Labute approximate surface area is 181 Å². The third kappa shape index (κ3) is 5.01. The Morgan fingerprint density at radius 3 is 2.53 bits per heavy atom. The van der Waals surface area contributed by atoms with Crippen LogP contribution in [0.15, 0.2) is 46.0 Å². The highest BCUT2D eigenvalue weighted by Crippen LogP contribution is 2.29. The second-order valence-electron chi connectivity index (χ2n) is 6.94. The maximum Gasteiger partial charge on any atom is 0.252 e. The number of ether oxygens (including phenoxy) is 1. The van der Waals surface area contributed by atoms with Gasteiger partial charge in [0.05, 0.1) is 19.1 Å². The molecule has 160 valence electrons. The molecule has 1 aliphatic rings. The van der Waals surface area contributed by atoms with Crippen LogP contribution in [0, 0.1) is 17.2 Å². The molecule has 1 aromatic heterocycles. The minimum atomic E-state index is -3.49. The molecule has 0 aliphatic carbocycles. The summed E-state index contributed by atoms with van der Waals surface area (Å²) in [6, 6.07) is 12.7. The van der Waals surface area contributed by atoms with Crippen molar-refractivity contribution in [2.45, 2.75) is 30.4 Å². The van der Waals surface area contributed by atoms with Crippen molar-refractivity contribution in [2.75, 3.05) is 31.1 Å². The minimum absolute atomic E-state index is 0.0671. The molecule has 0 N–H and O–H groups in total. The van der Waals surface area contributed by atoms with E-state index in [1.54, 1.807) is 22.4 Å². The number of nitrogens with zero attached hydrogens (tertiary/aromatic N) is 3. The first kappa shape index (κ1) is 22.3. The van der Waals surface area contributed by atoms with E-state index in [2.05, 4.69) is 6.07 Å². The number of amides is 1. The SMILES string of the molecule is CCOc1ccc(N(CCC#N)C(=O)C2CCN(S(=O)(=O)c3cccs3)CC2)cc1. The van der Waals surface area contributed by atoms with Gasteiger partial charge in [-0.2, -0.15) is 9.57 Å². The number of benzene rings is 1. The molecule has 0 spiro atoms. The molecule has 0 unspecified atom stereocenters. The Balaban J connectivity index is 1.69. The lowest BCUT2D eigenvalue weighted by molar-refractivity contribution is -0.123. The number of carbonyl (C=O) groups excluding carboxylic acids is 1. The molecule has 0 bridgehead atoms. The van der Waals surface area contributed by atoms with Gasteiger partial charge in [0.15, 0.2) is 0 Å². The van der Waals surface area contributed by atoms with Gasteiger partial charge in [-0.1, -0.05) is 6.07 Å². The maximum atomic E-state index is 13.2. The summed E-state index contributed by atoms with van der Waals surface area (Å²) < 4.78 is 32.6. The molecular formula is C21H25N3O4S2. The number of rotatable bonds is 8. The lowest BCUT2D eigenvalue weighted by Crippen LogP contribution is -2.44. The van der Waals surface area contributed by atoms with Crippen LogP contribution in [0.4, 0.5) is 5.69 Å². The summed E-state index contributed by atoms with van der Waals surface area (Å²) in [4.78, 5) is 14.9. The molecule has 1 aromatic carbocycles. The number of hydrogen-bond donors (Lipinski definition) is 0. The molecule has 30 heavy (non-hydrogen) atoms. The summed E-state index contributed by atoms with van der Waals surface area (Å²) in [5, 5.41) is 10.7. The number of hydrogen-bond acceptors (Lipinski definition) is 6. The van der Waals surface area contributed by atoms with Crippen molar-refractivity contribution in [1.82, 2.24) is 4.31 Å². The number of nitriles is 1. The Bertz CT molecular complexity index is 974. The van der Waals surface area contributed by atoms with Gasteiger partial charge in [-0.25, -0.2) is 8.42 Å². The van der Waals surface area contributed by atoms with E-state index >= 15 is 0 Å². The fourth-order valence-electron chi connectivity index (χ4n) is 3.52. The zero-order chi connectivity index (χ0) is 21.6. The standard InChI is InChI=1S/C21H25N3O4S2/c1-2-28-19-8-6-18(7-9-19)24(13-4-12-22)21(25)17-10-14-23(15-11-17)30(26,27)20-5-3-16-29-20/h3,5-9,16-17H,2,4,10-11,13-15H2,1H3. The molecule has 1 fully saturated rings. The van der Waals surface area contributed by atoms with E-state index in [0.717, 1.165) is 5.75 Å². The maximum absolute atomic E-state index is 13.2. The smallest absolute Gasteiger partial charge is 0.252 e. The van der Waals surface area contributed by atoms with Crippen LogP contribution in [0.1, 0.15) is 26.2 Å². The first-order chi connectivity index (χ1) is 14.5. The number of piperidine rings is 1. The Morgan fingerprint density at radius 2 is 1.97 bits per heavy atom. The molecule has 0 radical (unpaired) electrons. The largest absolute Gasteiger partial charge is 0.494 e. The number of carbonyl (C=O) groups is 1. The fourth-order valence-corrected chi connectivity index (χ4v) is 6.13. The summed E-state index contributed by atoms with van der Waals surface area (Å²) in [6.07, 6.45) is 1.15. The molecule has 1 aliphatic heterocycles. The van der Waals surface area contributed by atoms with Gasteiger partial charge in [0.1, 0.15) is 9.96 Å². The van der Waals surface area contributed by atoms with Gasteiger partial charge in [-0.15, -0.1) is 11.3 Å². The first-order valence-electron chi connectivity index (χ1n) is 9.92. The molecule has 2 heterocycles. The Morgan fingerprint density at radius 1 is 1.27 bits per heavy atom. The molecule has 7 nitrogen and oxygen atoms in total. The van der Waals surface area contributed by atoms with E-state index in [0.29, 0.717) is 49.0 Å². The molecular weight excluding hydrogens is 422 g/mol. The van der Waals surface area contributed by atoms with E-state index < -0.39 is 10.0 Å². The van der Waals surface area contributed by atoms with Gasteiger partial charge in [0.25, 0.3) is 10.0 Å². The van der Waals surface area contributed by atoms with Crippen LogP contribution in [0.5, 0.6) is 5.75 Å². The normalized spacial score (nSPS) is 15.5. The second-order valence-corrected chi connectivity index (χ2v) is 10.0.